The molecule has 1 aromatic rings. The maximum absolute atomic E-state index is 12.2. The molecule has 8 nitrogen and oxygen atoms in total. The van der Waals surface area contributed by atoms with Gasteiger partial charge in [0, 0.05) is 63.2 Å². The van der Waals surface area contributed by atoms with Crippen LogP contribution in [-0.2, 0) is 24.0 Å². The second kappa shape index (κ2) is 12.9. The first-order chi connectivity index (χ1) is 17.7. The molecule has 1 aromatic carbocycles. The van der Waals surface area contributed by atoms with Gasteiger partial charge in [-0.05, 0) is 54.0 Å². The van der Waals surface area contributed by atoms with Crippen LogP contribution in [0.4, 0.5) is 5.69 Å². The third-order valence-corrected chi connectivity index (χ3v) is 6.23. The van der Waals surface area contributed by atoms with Crippen molar-refractivity contribution in [2.45, 2.75) is 32.1 Å². The summed E-state index contributed by atoms with van der Waals surface area (Å²) in [5, 5.41) is 0.584. The molecule has 38 heavy (non-hydrogen) atoms. The average molecular weight is 629 g/mol. The summed E-state index contributed by atoms with van der Waals surface area (Å²) in [5.74, 6) is -0.122. The Morgan fingerprint density at radius 2 is 1.63 bits per heavy atom. The van der Waals surface area contributed by atoms with E-state index >= 15 is 0 Å². The highest BCUT2D eigenvalue weighted by Gasteiger charge is 2.32. The van der Waals surface area contributed by atoms with Gasteiger partial charge in [0.1, 0.15) is 25.6 Å². The Balaban J connectivity index is 0.00000400. The van der Waals surface area contributed by atoms with Crippen LogP contribution in [0.2, 0.25) is 0 Å². The Hall–Kier alpha value is -3.47. The number of carbonyl (C=O) groups is 3. The van der Waals surface area contributed by atoms with E-state index in [1.807, 2.05) is 69.2 Å². The second-order valence-corrected chi connectivity index (χ2v) is 9.46. The molecule has 9 heteroatoms. The minimum atomic E-state index is -0.612. The Labute approximate surface area is 240 Å². The number of halogens is 1. The number of benzene rings is 1. The number of hydrogen-bond acceptors (Lipinski definition) is 6. The van der Waals surface area contributed by atoms with E-state index < -0.39 is 17.8 Å². The minimum absolute atomic E-state index is 0. The van der Waals surface area contributed by atoms with Crippen molar-refractivity contribution < 1.29 is 52.5 Å². The number of nitrogens with zero attached hydrogens (tertiary/aromatic N) is 3. The number of hydroxylamine groups is 2. The lowest BCUT2D eigenvalue weighted by atomic mass is 9.98. The van der Waals surface area contributed by atoms with E-state index in [0.717, 1.165) is 39.6 Å². The first-order valence-corrected chi connectivity index (χ1v) is 12.3. The SMILES string of the molecule is CN(C)c1ccc(C2=CC(=C3C=CC(=[N+](C)C)C=C3)OC(CCCC(=O)ON3C(=O)CCC3=O)=C2)cc1.[I-]. The third kappa shape index (κ3) is 7.09. The Morgan fingerprint density at radius 1 is 1.00 bits per heavy atom. The van der Waals surface area contributed by atoms with Gasteiger partial charge in [-0.3, -0.25) is 9.59 Å². The van der Waals surface area contributed by atoms with E-state index in [-0.39, 0.29) is 43.2 Å². The standard InChI is InChI=1S/C29H32N3O5.HI/c1-30(2)23-12-8-20(9-13-23)22-18-25(6-5-7-29(35)37-32-27(33)16-17-28(32)34)36-26(19-22)21-10-14-24(15-11-21)31(3)4;/h8-15,18-19H,5-7,16-17H2,1-4H3;1H/q+1;/p-1. The quantitative estimate of drug-likeness (QED) is 0.254. The smallest absolute Gasteiger partial charge is 0.333 e. The van der Waals surface area contributed by atoms with Gasteiger partial charge in [0.2, 0.25) is 0 Å². The predicted molar refractivity (Wildman–Crippen MR) is 141 cm³/mol. The number of hydrogen-bond donors (Lipinski definition) is 0. The third-order valence-electron chi connectivity index (χ3n) is 6.23. The van der Waals surface area contributed by atoms with E-state index in [1.165, 1.54) is 0 Å². The van der Waals surface area contributed by atoms with Gasteiger partial charge in [-0.2, -0.15) is 0 Å². The highest BCUT2D eigenvalue weighted by atomic mass is 127. The van der Waals surface area contributed by atoms with Crippen molar-refractivity contribution in [2.24, 2.45) is 0 Å². The number of imide groups is 1. The van der Waals surface area contributed by atoms with E-state index in [0.29, 0.717) is 17.9 Å². The normalized spacial score (nSPS) is 16.6. The first-order valence-electron chi connectivity index (χ1n) is 12.3. The molecule has 3 aliphatic rings. The molecule has 0 bridgehead atoms. The van der Waals surface area contributed by atoms with Gasteiger partial charge in [0.25, 0.3) is 11.8 Å². The Morgan fingerprint density at radius 3 is 2.21 bits per heavy atom. The van der Waals surface area contributed by atoms with Crippen molar-refractivity contribution in [3.05, 3.63) is 83.4 Å². The summed E-state index contributed by atoms with van der Waals surface area (Å²) >= 11 is 0. The van der Waals surface area contributed by atoms with Crippen LogP contribution in [0.25, 0.3) is 5.57 Å². The van der Waals surface area contributed by atoms with Gasteiger partial charge in [0.05, 0.1) is 0 Å². The predicted octanol–water partition coefficient (Wildman–Crippen LogP) is 0.925. The Bertz CT molecular complexity index is 1260. The molecule has 2 amide bonds. The molecule has 1 saturated heterocycles. The second-order valence-electron chi connectivity index (χ2n) is 9.46. The zero-order valence-electron chi connectivity index (χ0n) is 22.1. The van der Waals surface area contributed by atoms with Crippen LogP contribution in [0.15, 0.2) is 77.8 Å². The summed E-state index contributed by atoms with van der Waals surface area (Å²) < 4.78 is 8.28. The van der Waals surface area contributed by atoms with Crippen LogP contribution < -0.4 is 28.9 Å². The monoisotopic (exact) mass is 629 g/mol. The van der Waals surface area contributed by atoms with Crippen LogP contribution >= 0.6 is 0 Å². The molecule has 0 radical (unpaired) electrons. The lowest BCUT2D eigenvalue weighted by molar-refractivity contribution is -0.462. The lowest BCUT2D eigenvalue weighted by Gasteiger charge is -2.21. The van der Waals surface area contributed by atoms with Crippen molar-refractivity contribution in [3.63, 3.8) is 0 Å². The van der Waals surface area contributed by atoms with Crippen molar-refractivity contribution in [1.29, 1.82) is 0 Å². The molecule has 200 valence electrons. The summed E-state index contributed by atoms with van der Waals surface area (Å²) in [6.45, 7) is 0. The van der Waals surface area contributed by atoms with Crippen molar-refractivity contribution >= 4 is 34.8 Å². The zero-order valence-corrected chi connectivity index (χ0v) is 24.2. The first kappa shape index (κ1) is 29.1. The largest absolute Gasteiger partial charge is 1.00 e. The fourth-order valence-corrected chi connectivity index (χ4v) is 4.08. The van der Waals surface area contributed by atoms with Crippen molar-refractivity contribution in [1.82, 2.24) is 5.06 Å². The fraction of sp³-hybridized carbons (Fsp3) is 0.310. The van der Waals surface area contributed by atoms with E-state index in [1.54, 1.807) is 0 Å². The highest BCUT2D eigenvalue weighted by molar-refractivity contribution is 6.02. The number of ether oxygens (including phenoxy) is 1. The molecule has 0 spiro atoms. The molecule has 2 aliphatic heterocycles. The van der Waals surface area contributed by atoms with Crippen LogP contribution in [0.1, 0.15) is 37.7 Å². The van der Waals surface area contributed by atoms with E-state index in [2.05, 4.69) is 29.2 Å². The van der Waals surface area contributed by atoms with Gasteiger partial charge >= 0.3 is 5.97 Å². The molecule has 4 rings (SSSR count). The molecule has 2 heterocycles. The summed E-state index contributed by atoms with van der Waals surface area (Å²) in [5.41, 5.74) is 5.21. The van der Waals surface area contributed by atoms with E-state index in [4.69, 9.17) is 9.57 Å². The minimum Gasteiger partial charge on any atom is -1.00 e. The van der Waals surface area contributed by atoms with Crippen molar-refractivity contribution in [3.8, 4) is 0 Å². The molecule has 0 unspecified atom stereocenters. The fourth-order valence-electron chi connectivity index (χ4n) is 4.08. The van der Waals surface area contributed by atoms with Gasteiger partial charge < -0.3 is 38.5 Å². The number of anilines is 1. The van der Waals surface area contributed by atoms with Crippen LogP contribution in [-0.4, -0.2) is 61.3 Å². The maximum atomic E-state index is 12.2. The van der Waals surface area contributed by atoms with Gasteiger partial charge in [-0.25, -0.2) is 9.37 Å². The maximum Gasteiger partial charge on any atom is 0.333 e. The molecule has 1 fully saturated rings. The molecule has 1 aliphatic carbocycles. The van der Waals surface area contributed by atoms with Crippen LogP contribution in [0, 0.1) is 0 Å². The summed E-state index contributed by atoms with van der Waals surface area (Å²) in [6.07, 6.45) is 13.3. The number of rotatable bonds is 7. The lowest BCUT2D eigenvalue weighted by Crippen LogP contribution is -3.00. The van der Waals surface area contributed by atoms with Gasteiger partial charge in [-0.15, -0.1) is 5.06 Å². The topological polar surface area (TPSA) is 79.2 Å². The summed E-state index contributed by atoms with van der Waals surface area (Å²) in [6, 6.07) is 8.30. The van der Waals surface area contributed by atoms with Crippen LogP contribution in [0.3, 0.4) is 0 Å². The van der Waals surface area contributed by atoms with Crippen molar-refractivity contribution in [2.75, 3.05) is 33.1 Å². The molecule has 0 saturated carbocycles. The molecular formula is C29H32IN3O5. The number of amides is 2. The van der Waals surface area contributed by atoms with Gasteiger partial charge in [-0.1, -0.05) is 12.1 Å². The highest BCUT2D eigenvalue weighted by Crippen LogP contribution is 2.32. The Kier molecular flexibility index (Phi) is 9.84. The average Bonchev–Trinajstić information content (AvgIpc) is 3.20. The molecular weight excluding hydrogens is 597 g/mol. The number of allylic oxidation sites excluding steroid dienone is 9. The molecule has 0 N–H and O–H groups in total. The summed E-state index contributed by atoms with van der Waals surface area (Å²) in [4.78, 5) is 42.6. The molecule has 0 aromatic heterocycles. The van der Waals surface area contributed by atoms with Crippen LogP contribution in [0.5, 0.6) is 0 Å². The van der Waals surface area contributed by atoms with Gasteiger partial charge in [0.15, 0.2) is 5.71 Å². The zero-order chi connectivity index (χ0) is 26.5. The summed E-state index contributed by atoms with van der Waals surface area (Å²) in [7, 11) is 8.00. The number of carbonyl (C=O) groups excluding carboxylic acids is 3. The van der Waals surface area contributed by atoms with E-state index in [9.17, 15) is 14.4 Å². The molecule has 0 atom stereocenters.